The summed E-state index contributed by atoms with van der Waals surface area (Å²) in [7, 11) is -3.61. The number of carbonyl (C=O) groups is 1. The quantitative estimate of drug-likeness (QED) is 0.661. The standard InChI is InChI=1S/C12H15N5O3S/c1-2-16-21(19,20)9-3-4-10(13)11(5-9)17-7-8(6-15-17)12(14)18/h3-7,16H,2,13H2,1H3,(H2,14,18). The van der Waals surface area contributed by atoms with Gasteiger partial charge in [0, 0.05) is 12.7 Å². The fraction of sp³-hybridized carbons (Fsp3) is 0.167. The van der Waals surface area contributed by atoms with Crippen LogP contribution in [0.4, 0.5) is 5.69 Å². The van der Waals surface area contributed by atoms with E-state index >= 15 is 0 Å². The van der Waals surface area contributed by atoms with Crippen LogP contribution in [0.2, 0.25) is 0 Å². The highest BCUT2D eigenvalue weighted by Gasteiger charge is 2.16. The molecular formula is C12H15N5O3S. The molecule has 2 aromatic rings. The first kappa shape index (κ1) is 15.0. The molecular weight excluding hydrogens is 294 g/mol. The molecule has 0 spiro atoms. The number of hydrogen-bond acceptors (Lipinski definition) is 5. The van der Waals surface area contributed by atoms with Crippen molar-refractivity contribution < 1.29 is 13.2 Å². The van der Waals surface area contributed by atoms with Gasteiger partial charge in [0.2, 0.25) is 10.0 Å². The predicted molar refractivity (Wildman–Crippen MR) is 77.4 cm³/mol. The molecule has 1 aromatic carbocycles. The smallest absolute Gasteiger partial charge is 0.251 e. The molecule has 5 N–H and O–H groups in total. The number of carbonyl (C=O) groups excluding carboxylic acids is 1. The summed E-state index contributed by atoms with van der Waals surface area (Å²) in [5, 5.41) is 3.96. The molecule has 0 aliphatic carbocycles. The molecule has 9 heteroatoms. The second-order valence-corrected chi connectivity index (χ2v) is 6.03. The fourth-order valence-electron chi connectivity index (χ4n) is 1.74. The lowest BCUT2D eigenvalue weighted by Crippen LogP contribution is -2.23. The maximum Gasteiger partial charge on any atom is 0.251 e. The minimum absolute atomic E-state index is 0.0599. The van der Waals surface area contributed by atoms with E-state index in [1.165, 1.54) is 35.3 Å². The van der Waals surface area contributed by atoms with E-state index in [1.54, 1.807) is 6.92 Å². The molecule has 8 nitrogen and oxygen atoms in total. The molecule has 1 aromatic heterocycles. The van der Waals surface area contributed by atoms with Crippen molar-refractivity contribution in [1.82, 2.24) is 14.5 Å². The molecule has 1 heterocycles. The van der Waals surface area contributed by atoms with Gasteiger partial charge in [-0.05, 0) is 18.2 Å². The van der Waals surface area contributed by atoms with E-state index in [1.807, 2.05) is 0 Å². The highest BCUT2D eigenvalue weighted by molar-refractivity contribution is 7.89. The first-order valence-electron chi connectivity index (χ1n) is 6.09. The Balaban J connectivity index is 2.51. The van der Waals surface area contributed by atoms with Gasteiger partial charge in [0.15, 0.2) is 0 Å². The van der Waals surface area contributed by atoms with Crippen LogP contribution in [-0.4, -0.2) is 30.7 Å². The molecule has 0 bridgehead atoms. The Kier molecular flexibility index (Phi) is 3.96. The van der Waals surface area contributed by atoms with Gasteiger partial charge in [-0.25, -0.2) is 17.8 Å². The van der Waals surface area contributed by atoms with E-state index in [9.17, 15) is 13.2 Å². The average Bonchev–Trinajstić information content (AvgIpc) is 2.88. The number of benzene rings is 1. The predicted octanol–water partition coefficient (Wildman–Crippen LogP) is -0.148. The van der Waals surface area contributed by atoms with Gasteiger partial charge >= 0.3 is 0 Å². The third-order valence-electron chi connectivity index (χ3n) is 2.76. The van der Waals surface area contributed by atoms with E-state index in [2.05, 4.69) is 9.82 Å². The number of nitrogens with two attached hydrogens (primary N) is 2. The summed E-state index contributed by atoms with van der Waals surface area (Å²) in [6.07, 6.45) is 2.67. The second-order valence-electron chi connectivity index (χ2n) is 4.26. The van der Waals surface area contributed by atoms with Gasteiger partial charge in [-0.1, -0.05) is 6.92 Å². The van der Waals surface area contributed by atoms with Gasteiger partial charge in [-0.3, -0.25) is 4.79 Å². The van der Waals surface area contributed by atoms with Crippen molar-refractivity contribution in [1.29, 1.82) is 0 Å². The van der Waals surface area contributed by atoms with Crippen molar-refractivity contribution in [3.8, 4) is 5.69 Å². The van der Waals surface area contributed by atoms with Crippen molar-refractivity contribution in [2.45, 2.75) is 11.8 Å². The summed E-state index contributed by atoms with van der Waals surface area (Å²) in [5.41, 5.74) is 11.9. The number of sulfonamides is 1. The monoisotopic (exact) mass is 309 g/mol. The zero-order valence-electron chi connectivity index (χ0n) is 11.3. The maximum absolute atomic E-state index is 12.0. The highest BCUT2D eigenvalue weighted by atomic mass is 32.2. The zero-order valence-corrected chi connectivity index (χ0v) is 12.1. The maximum atomic E-state index is 12.0. The van der Waals surface area contributed by atoms with Crippen molar-refractivity contribution in [3.05, 3.63) is 36.2 Å². The SMILES string of the molecule is CCNS(=O)(=O)c1ccc(N)c(-n2cc(C(N)=O)cn2)c1. The molecule has 0 unspecified atom stereocenters. The van der Waals surface area contributed by atoms with E-state index < -0.39 is 15.9 Å². The number of nitrogens with one attached hydrogen (secondary N) is 1. The summed E-state index contributed by atoms with van der Waals surface area (Å²) in [4.78, 5) is 11.1. The summed E-state index contributed by atoms with van der Waals surface area (Å²) in [6.45, 7) is 1.96. The summed E-state index contributed by atoms with van der Waals surface area (Å²) in [5.74, 6) is -0.628. The summed E-state index contributed by atoms with van der Waals surface area (Å²) in [6, 6.07) is 4.24. The highest BCUT2D eigenvalue weighted by Crippen LogP contribution is 2.21. The molecule has 2 rings (SSSR count). The van der Waals surface area contributed by atoms with E-state index in [4.69, 9.17) is 11.5 Å². The van der Waals surface area contributed by atoms with Gasteiger partial charge in [0.25, 0.3) is 5.91 Å². The van der Waals surface area contributed by atoms with Gasteiger partial charge < -0.3 is 11.5 Å². The molecule has 0 aliphatic heterocycles. The van der Waals surface area contributed by atoms with E-state index in [0.29, 0.717) is 11.4 Å². The number of anilines is 1. The molecule has 0 saturated carbocycles. The Labute approximate surface area is 121 Å². The van der Waals surface area contributed by atoms with Crippen molar-refractivity contribution in [3.63, 3.8) is 0 Å². The normalized spacial score (nSPS) is 11.5. The Bertz CT molecular complexity index is 782. The molecule has 1 amide bonds. The number of amides is 1. The van der Waals surface area contributed by atoms with Gasteiger partial charge in [-0.2, -0.15) is 5.10 Å². The molecule has 21 heavy (non-hydrogen) atoms. The molecule has 0 radical (unpaired) electrons. The van der Waals surface area contributed by atoms with Crippen molar-refractivity contribution >= 4 is 21.6 Å². The van der Waals surface area contributed by atoms with Gasteiger partial charge in [0.1, 0.15) is 0 Å². The van der Waals surface area contributed by atoms with E-state index in [-0.39, 0.29) is 17.0 Å². The van der Waals surface area contributed by atoms with Crippen LogP contribution in [0.15, 0.2) is 35.5 Å². The molecule has 0 fully saturated rings. The fourth-order valence-corrected chi connectivity index (χ4v) is 2.80. The summed E-state index contributed by atoms with van der Waals surface area (Å²) < 4.78 is 27.7. The lowest BCUT2D eigenvalue weighted by molar-refractivity contribution is 0.100. The topological polar surface area (TPSA) is 133 Å². The zero-order chi connectivity index (χ0) is 15.6. The third kappa shape index (κ3) is 3.03. The van der Waals surface area contributed by atoms with Crippen LogP contribution in [0.3, 0.4) is 0 Å². The first-order chi connectivity index (χ1) is 9.85. The third-order valence-corrected chi connectivity index (χ3v) is 4.30. The number of aromatic nitrogens is 2. The number of hydrogen-bond donors (Lipinski definition) is 3. The second kappa shape index (κ2) is 5.54. The van der Waals surface area contributed by atoms with Crippen LogP contribution in [0.1, 0.15) is 17.3 Å². The molecule has 0 atom stereocenters. The van der Waals surface area contributed by atoms with Crippen molar-refractivity contribution in [2.75, 3.05) is 12.3 Å². The molecule has 112 valence electrons. The Morgan fingerprint density at radius 1 is 1.43 bits per heavy atom. The van der Waals surface area contributed by atoms with Crippen molar-refractivity contribution in [2.24, 2.45) is 5.73 Å². The number of nitrogens with zero attached hydrogens (tertiary/aromatic N) is 2. The van der Waals surface area contributed by atoms with Crippen LogP contribution in [0, 0.1) is 0 Å². The van der Waals surface area contributed by atoms with Gasteiger partial charge in [-0.15, -0.1) is 0 Å². The average molecular weight is 309 g/mol. The summed E-state index contributed by atoms with van der Waals surface area (Å²) >= 11 is 0. The Morgan fingerprint density at radius 2 is 2.14 bits per heavy atom. The Morgan fingerprint density at radius 3 is 2.71 bits per heavy atom. The largest absolute Gasteiger partial charge is 0.397 e. The first-order valence-corrected chi connectivity index (χ1v) is 7.57. The molecule has 0 aliphatic rings. The van der Waals surface area contributed by atoms with Crippen LogP contribution >= 0.6 is 0 Å². The lowest BCUT2D eigenvalue weighted by atomic mass is 10.2. The lowest BCUT2D eigenvalue weighted by Gasteiger charge is -2.09. The number of rotatable bonds is 5. The number of nitrogen functional groups attached to an aromatic ring is 1. The number of primary amides is 1. The van der Waals surface area contributed by atoms with Gasteiger partial charge in [0.05, 0.1) is 28.0 Å². The van der Waals surface area contributed by atoms with Crippen LogP contribution in [0.5, 0.6) is 0 Å². The van der Waals surface area contributed by atoms with Crippen LogP contribution < -0.4 is 16.2 Å². The van der Waals surface area contributed by atoms with Crippen LogP contribution in [-0.2, 0) is 10.0 Å². The van der Waals surface area contributed by atoms with E-state index in [0.717, 1.165) is 0 Å². The Hall–Kier alpha value is -2.39. The molecule has 0 saturated heterocycles. The minimum atomic E-state index is -3.61. The minimum Gasteiger partial charge on any atom is -0.397 e. The van der Waals surface area contributed by atoms with Crippen LogP contribution in [0.25, 0.3) is 5.69 Å².